The summed E-state index contributed by atoms with van der Waals surface area (Å²) in [4.78, 5) is 28.9. The number of carbonyl (C=O) groups is 1. The van der Waals surface area contributed by atoms with Gasteiger partial charge in [-0.2, -0.15) is 0 Å². The minimum Gasteiger partial charge on any atom is -0.480 e. The second kappa shape index (κ2) is 3.94. The number of hydrogen-bond donors (Lipinski definition) is 3. The van der Waals surface area contributed by atoms with Gasteiger partial charge in [0.25, 0.3) is 0 Å². The minimum absolute atomic E-state index is 0.0307. The molecule has 8 nitrogen and oxygen atoms in total. The number of hydrogen-bond acceptors (Lipinski definition) is 6. The van der Waals surface area contributed by atoms with Crippen molar-refractivity contribution in [1.82, 2.24) is 9.66 Å². The van der Waals surface area contributed by atoms with Crippen molar-refractivity contribution >= 4 is 22.8 Å². The summed E-state index contributed by atoms with van der Waals surface area (Å²) in [6.45, 7) is 0.0613. The Bertz CT molecular complexity index is 763. The third-order valence-corrected chi connectivity index (χ3v) is 3.45. The minimum atomic E-state index is -1.33. The lowest BCUT2D eigenvalue weighted by molar-refractivity contribution is -0.144. The predicted octanol–water partition coefficient (Wildman–Crippen LogP) is -1.29. The number of anilines is 1. The normalized spacial score (nSPS) is 16.9. The van der Waals surface area contributed by atoms with E-state index in [9.17, 15) is 9.59 Å². The Kier molecular flexibility index (Phi) is 2.45. The Balaban J connectivity index is 2.04. The highest BCUT2D eigenvalue weighted by atomic mass is 16.4. The number of para-hydroxylation sites is 2. The highest BCUT2D eigenvalue weighted by molar-refractivity contribution is 5.83. The molecule has 104 valence electrons. The molecule has 0 saturated carbocycles. The van der Waals surface area contributed by atoms with Crippen molar-refractivity contribution in [1.29, 1.82) is 0 Å². The first-order valence-corrected chi connectivity index (χ1v) is 5.96. The number of aromatic nitrogens is 2. The maximum atomic E-state index is 12.1. The van der Waals surface area contributed by atoms with Crippen molar-refractivity contribution in [2.24, 2.45) is 5.73 Å². The van der Waals surface area contributed by atoms with E-state index < -0.39 is 17.1 Å². The molecular formula is C12H13N5O3. The van der Waals surface area contributed by atoms with Crippen LogP contribution in [0.5, 0.6) is 0 Å². The smallest absolute Gasteiger partial charge is 0.327 e. The fraction of sp³-hybridized carbons (Fsp3) is 0.250. The molecule has 1 aromatic carbocycles. The summed E-state index contributed by atoms with van der Waals surface area (Å²) >= 11 is 0. The molecule has 5 N–H and O–H groups in total. The number of carboxylic acids is 1. The first kappa shape index (κ1) is 12.4. The van der Waals surface area contributed by atoms with E-state index in [1.54, 1.807) is 24.3 Å². The zero-order valence-electron chi connectivity index (χ0n) is 10.5. The van der Waals surface area contributed by atoms with E-state index in [4.69, 9.17) is 16.7 Å². The molecule has 20 heavy (non-hydrogen) atoms. The number of nitrogens with two attached hydrogens (primary N) is 2. The molecule has 0 atom stereocenters. The van der Waals surface area contributed by atoms with Crippen LogP contribution in [0.3, 0.4) is 0 Å². The summed E-state index contributed by atoms with van der Waals surface area (Å²) in [6.07, 6.45) is 0. The van der Waals surface area contributed by atoms with Crippen LogP contribution in [-0.2, 0) is 4.79 Å². The molecule has 0 amide bonds. The lowest BCUT2D eigenvalue weighted by Crippen LogP contribution is -2.72. The molecule has 2 heterocycles. The molecule has 0 unspecified atom stereocenters. The van der Waals surface area contributed by atoms with Crippen LogP contribution in [0, 0.1) is 0 Å². The van der Waals surface area contributed by atoms with E-state index in [0.29, 0.717) is 11.0 Å². The molecule has 1 saturated heterocycles. The van der Waals surface area contributed by atoms with Crippen molar-refractivity contribution < 1.29 is 9.90 Å². The number of carboxylic acid groups (broad SMARTS) is 1. The second-order valence-corrected chi connectivity index (χ2v) is 4.92. The van der Waals surface area contributed by atoms with Crippen LogP contribution in [0.1, 0.15) is 0 Å². The van der Waals surface area contributed by atoms with Gasteiger partial charge in [0.1, 0.15) is 5.54 Å². The van der Waals surface area contributed by atoms with E-state index in [-0.39, 0.29) is 18.9 Å². The summed E-state index contributed by atoms with van der Waals surface area (Å²) in [7, 11) is 0. The van der Waals surface area contributed by atoms with Gasteiger partial charge in [0.15, 0.2) is 5.82 Å². The lowest BCUT2D eigenvalue weighted by Gasteiger charge is -2.44. The third kappa shape index (κ3) is 1.62. The van der Waals surface area contributed by atoms with Crippen molar-refractivity contribution in [3.63, 3.8) is 0 Å². The fourth-order valence-corrected chi connectivity index (χ4v) is 2.27. The average molecular weight is 275 g/mol. The maximum Gasteiger partial charge on any atom is 0.327 e. The maximum absolute atomic E-state index is 12.1. The van der Waals surface area contributed by atoms with E-state index in [0.717, 1.165) is 4.68 Å². The molecule has 1 aliphatic rings. The van der Waals surface area contributed by atoms with Crippen LogP contribution in [0.4, 0.5) is 5.82 Å². The van der Waals surface area contributed by atoms with E-state index in [1.165, 1.54) is 4.90 Å². The van der Waals surface area contributed by atoms with E-state index >= 15 is 0 Å². The zero-order valence-corrected chi connectivity index (χ0v) is 10.5. The molecule has 1 aromatic heterocycles. The van der Waals surface area contributed by atoms with Gasteiger partial charge in [-0.3, -0.25) is 9.59 Å². The van der Waals surface area contributed by atoms with Gasteiger partial charge in [0.05, 0.1) is 24.1 Å². The molecule has 8 heteroatoms. The number of fused-ring (bicyclic) bond motifs is 1. The summed E-state index contributed by atoms with van der Waals surface area (Å²) in [5, 5.41) is 8.97. The number of nitrogens with zero attached hydrogens (tertiary/aromatic N) is 3. The number of nitrogen functional groups attached to an aromatic ring is 1. The molecule has 0 radical (unpaired) electrons. The number of benzene rings is 1. The van der Waals surface area contributed by atoms with Gasteiger partial charge in [0, 0.05) is 0 Å². The Hall–Kier alpha value is -2.61. The Morgan fingerprint density at radius 1 is 1.35 bits per heavy atom. The van der Waals surface area contributed by atoms with E-state index in [1.807, 2.05) is 0 Å². The Labute approximate surface area is 113 Å². The number of rotatable bonds is 2. The molecular weight excluding hydrogens is 262 g/mol. The van der Waals surface area contributed by atoms with Gasteiger partial charge in [-0.25, -0.2) is 9.66 Å². The highest BCUT2D eigenvalue weighted by Gasteiger charge is 2.47. The summed E-state index contributed by atoms with van der Waals surface area (Å²) < 4.78 is 1.01. The fourth-order valence-electron chi connectivity index (χ4n) is 2.27. The standard InChI is InChI=1S/C12H13N5O3/c13-12(11(19)20)5-16(6-12)9-10(18)17(14)8-4-2-1-3-7(8)15-9/h1-4H,5-6,13-14H2,(H,19,20). The van der Waals surface area contributed by atoms with Crippen LogP contribution in [-0.4, -0.2) is 39.4 Å². The zero-order chi connectivity index (χ0) is 14.5. The van der Waals surface area contributed by atoms with Crippen LogP contribution in [0.15, 0.2) is 29.1 Å². The molecule has 3 rings (SSSR count). The lowest BCUT2D eigenvalue weighted by atomic mass is 9.91. The van der Waals surface area contributed by atoms with Crippen LogP contribution in [0.2, 0.25) is 0 Å². The Morgan fingerprint density at radius 3 is 2.65 bits per heavy atom. The van der Waals surface area contributed by atoms with Gasteiger partial charge in [-0.1, -0.05) is 12.1 Å². The Morgan fingerprint density at radius 2 is 2.00 bits per heavy atom. The number of aliphatic carboxylic acids is 1. The average Bonchev–Trinajstić information content (AvgIpc) is 2.39. The second-order valence-electron chi connectivity index (χ2n) is 4.92. The molecule has 1 aliphatic heterocycles. The first-order chi connectivity index (χ1) is 9.42. The third-order valence-electron chi connectivity index (χ3n) is 3.45. The topological polar surface area (TPSA) is 127 Å². The van der Waals surface area contributed by atoms with Crippen molar-refractivity contribution in [3.05, 3.63) is 34.6 Å². The largest absolute Gasteiger partial charge is 0.480 e. The van der Waals surface area contributed by atoms with Gasteiger partial charge in [-0.15, -0.1) is 0 Å². The van der Waals surface area contributed by atoms with Gasteiger partial charge in [-0.05, 0) is 12.1 Å². The highest BCUT2D eigenvalue weighted by Crippen LogP contribution is 2.23. The SMILES string of the molecule is Nn1c(=O)c(N2CC(N)(C(=O)O)C2)nc2ccccc21. The molecule has 0 aliphatic carbocycles. The molecule has 0 spiro atoms. The monoisotopic (exact) mass is 275 g/mol. The first-order valence-electron chi connectivity index (χ1n) is 5.96. The summed E-state index contributed by atoms with van der Waals surface area (Å²) in [5.41, 5.74) is 4.93. The molecule has 2 aromatic rings. The van der Waals surface area contributed by atoms with Crippen LogP contribution >= 0.6 is 0 Å². The van der Waals surface area contributed by atoms with Crippen molar-refractivity contribution in [2.75, 3.05) is 23.8 Å². The molecule has 1 fully saturated rings. The quantitative estimate of drug-likeness (QED) is 0.582. The van der Waals surface area contributed by atoms with Crippen molar-refractivity contribution in [3.8, 4) is 0 Å². The van der Waals surface area contributed by atoms with E-state index in [2.05, 4.69) is 4.98 Å². The van der Waals surface area contributed by atoms with Gasteiger partial charge < -0.3 is 21.6 Å². The summed E-state index contributed by atoms with van der Waals surface area (Å²) in [6, 6.07) is 6.96. The predicted molar refractivity (Wildman–Crippen MR) is 72.9 cm³/mol. The van der Waals surface area contributed by atoms with Gasteiger partial charge in [0.2, 0.25) is 0 Å². The van der Waals surface area contributed by atoms with Crippen LogP contribution < -0.4 is 22.0 Å². The summed E-state index contributed by atoms with van der Waals surface area (Å²) in [5.74, 6) is 4.78. The van der Waals surface area contributed by atoms with Crippen LogP contribution in [0.25, 0.3) is 11.0 Å². The van der Waals surface area contributed by atoms with Gasteiger partial charge >= 0.3 is 11.5 Å². The van der Waals surface area contributed by atoms with Crippen molar-refractivity contribution in [2.45, 2.75) is 5.54 Å². The molecule has 0 bridgehead atoms.